The highest BCUT2D eigenvalue weighted by atomic mass is 32.2. The van der Waals surface area contributed by atoms with Gasteiger partial charge in [-0.05, 0) is 6.92 Å². The number of nitrogens with zero attached hydrogens (tertiary/aromatic N) is 1. The van der Waals surface area contributed by atoms with E-state index in [9.17, 15) is 0 Å². The Morgan fingerprint density at radius 3 is 2.80 bits per heavy atom. The number of rotatable bonds is 5. The Labute approximate surface area is 101 Å². The van der Waals surface area contributed by atoms with Crippen molar-refractivity contribution >= 4 is 23.1 Å². The van der Waals surface area contributed by atoms with Crippen molar-refractivity contribution < 1.29 is 0 Å². The van der Waals surface area contributed by atoms with Crippen LogP contribution in [0.15, 0.2) is 11.6 Å². The molecule has 1 N–H and O–H groups in total. The predicted octanol–water partition coefficient (Wildman–Crippen LogP) is 3.33. The van der Waals surface area contributed by atoms with Crippen LogP contribution in [0, 0.1) is 0 Å². The highest BCUT2D eigenvalue weighted by molar-refractivity contribution is 8.00. The van der Waals surface area contributed by atoms with Gasteiger partial charge in [0.2, 0.25) is 0 Å². The molecule has 1 aromatic rings. The van der Waals surface area contributed by atoms with Gasteiger partial charge in [0.1, 0.15) is 5.01 Å². The lowest BCUT2D eigenvalue weighted by Gasteiger charge is -2.18. The van der Waals surface area contributed by atoms with E-state index in [1.165, 1.54) is 5.01 Å². The van der Waals surface area contributed by atoms with Crippen LogP contribution in [0.25, 0.3) is 0 Å². The monoisotopic (exact) mass is 244 g/mol. The summed E-state index contributed by atoms with van der Waals surface area (Å²) in [4.78, 5) is 4.29. The maximum atomic E-state index is 4.29. The van der Waals surface area contributed by atoms with E-state index in [-0.39, 0.29) is 0 Å². The van der Waals surface area contributed by atoms with Crippen LogP contribution in [-0.4, -0.2) is 22.0 Å². The van der Waals surface area contributed by atoms with Gasteiger partial charge in [-0.2, -0.15) is 11.8 Å². The summed E-state index contributed by atoms with van der Waals surface area (Å²) >= 11 is 3.71. The van der Waals surface area contributed by atoms with Crippen molar-refractivity contribution in [2.75, 3.05) is 12.3 Å². The SMILES string of the molecule is CC(NCCSC(C)(C)C)c1nccs1. The van der Waals surface area contributed by atoms with Crippen molar-refractivity contribution in [2.24, 2.45) is 0 Å². The first kappa shape index (κ1) is 13.0. The molecule has 0 bridgehead atoms. The molecule has 1 atom stereocenters. The molecule has 1 heterocycles. The zero-order valence-electron chi connectivity index (χ0n) is 9.91. The minimum atomic E-state index is 0.367. The molecule has 2 nitrogen and oxygen atoms in total. The molecule has 0 aliphatic rings. The number of thiazole rings is 1. The van der Waals surface area contributed by atoms with E-state index in [1.54, 1.807) is 11.3 Å². The number of hydrogen-bond donors (Lipinski definition) is 1. The maximum Gasteiger partial charge on any atom is 0.109 e. The molecular weight excluding hydrogens is 224 g/mol. The van der Waals surface area contributed by atoms with Crippen LogP contribution in [0.5, 0.6) is 0 Å². The van der Waals surface area contributed by atoms with Gasteiger partial charge in [-0.25, -0.2) is 4.98 Å². The molecule has 0 aliphatic carbocycles. The molecule has 0 fully saturated rings. The van der Waals surface area contributed by atoms with Crippen molar-refractivity contribution in [3.05, 3.63) is 16.6 Å². The van der Waals surface area contributed by atoms with Crippen molar-refractivity contribution in [3.63, 3.8) is 0 Å². The Bertz CT molecular complexity index is 265. The molecule has 0 spiro atoms. The van der Waals surface area contributed by atoms with Gasteiger partial charge in [-0.15, -0.1) is 11.3 Å². The zero-order valence-corrected chi connectivity index (χ0v) is 11.5. The molecule has 0 aliphatic heterocycles. The summed E-state index contributed by atoms with van der Waals surface area (Å²) < 4.78 is 0.367. The Morgan fingerprint density at radius 1 is 1.53 bits per heavy atom. The molecule has 1 unspecified atom stereocenters. The van der Waals surface area contributed by atoms with Gasteiger partial charge in [-0.3, -0.25) is 0 Å². The molecular formula is C11H20N2S2. The van der Waals surface area contributed by atoms with Gasteiger partial charge in [0, 0.05) is 28.6 Å². The second-order valence-electron chi connectivity index (χ2n) is 4.51. The summed E-state index contributed by atoms with van der Waals surface area (Å²) in [6.07, 6.45) is 1.86. The molecule has 86 valence electrons. The lowest BCUT2D eigenvalue weighted by atomic mass is 10.3. The van der Waals surface area contributed by atoms with Crippen LogP contribution in [-0.2, 0) is 0 Å². The molecule has 1 aromatic heterocycles. The van der Waals surface area contributed by atoms with E-state index in [1.807, 2.05) is 23.3 Å². The minimum absolute atomic E-state index is 0.367. The molecule has 0 amide bonds. The first-order valence-corrected chi connectivity index (χ1v) is 7.12. The first-order valence-electron chi connectivity index (χ1n) is 5.26. The second kappa shape index (κ2) is 5.87. The molecule has 0 aromatic carbocycles. The van der Waals surface area contributed by atoms with Gasteiger partial charge < -0.3 is 5.32 Å². The minimum Gasteiger partial charge on any atom is -0.307 e. The molecule has 0 radical (unpaired) electrons. The summed E-state index contributed by atoms with van der Waals surface area (Å²) in [5, 5.41) is 6.69. The van der Waals surface area contributed by atoms with E-state index in [0.717, 1.165) is 12.3 Å². The summed E-state index contributed by atoms with van der Waals surface area (Å²) in [5.74, 6) is 1.15. The zero-order chi connectivity index (χ0) is 11.3. The van der Waals surface area contributed by atoms with Gasteiger partial charge in [-0.1, -0.05) is 20.8 Å². The normalized spacial score (nSPS) is 14.1. The fourth-order valence-electron chi connectivity index (χ4n) is 1.17. The average molecular weight is 244 g/mol. The van der Waals surface area contributed by atoms with Crippen molar-refractivity contribution in [2.45, 2.75) is 38.5 Å². The Kier molecular flexibility index (Phi) is 5.09. The van der Waals surface area contributed by atoms with Gasteiger partial charge in [0.25, 0.3) is 0 Å². The van der Waals surface area contributed by atoms with Crippen LogP contribution in [0.3, 0.4) is 0 Å². The van der Waals surface area contributed by atoms with Crippen LogP contribution in [0.2, 0.25) is 0 Å². The number of nitrogens with one attached hydrogen (secondary N) is 1. The summed E-state index contributed by atoms with van der Waals surface area (Å²) in [5.41, 5.74) is 0. The average Bonchev–Trinajstić information content (AvgIpc) is 2.63. The summed E-state index contributed by atoms with van der Waals surface area (Å²) in [6.45, 7) is 9.97. The molecule has 0 saturated carbocycles. The summed E-state index contributed by atoms with van der Waals surface area (Å²) in [6, 6.07) is 0.380. The third-order valence-corrected chi connectivity index (χ3v) is 4.14. The quantitative estimate of drug-likeness (QED) is 0.804. The molecule has 4 heteroatoms. The van der Waals surface area contributed by atoms with Crippen LogP contribution >= 0.6 is 23.1 Å². The second-order valence-corrected chi connectivity index (χ2v) is 7.35. The predicted molar refractivity (Wildman–Crippen MR) is 70.7 cm³/mol. The number of hydrogen-bond acceptors (Lipinski definition) is 4. The maximum absolute atomic E-state index is 4.29. The Hall–Kier alpha value is -0.0600. The first-order chi connectivity index (χ1) is 6.99. The van der Waals surface area contributed by atoms with Gasteiger partial charge in [0.15, 0.2) is 0 Å². The lowest BCUT2D eigenvalue weighted by Crippen LogP contribution is -2.23. The largest absolute Gasteiger partial charge is 0.307 e. The van der Waals surface area contributed by atoms with Crippen LogP contribution < -0.4 is 5.32 Å². The fourth-order valence-corrected chi connectivity index (χ4v) is 2.67. The molecule has 1 rings (SSSR count). The number of thioether (sulfide) groups is 1. The fraction of sp³-hybridized carbons (Fsp3) is 0.727. The standard InChI is InChI=1S/C11H20N2S2/c1-9(10-13-5-7-14-10)12-6-8-15-11(2,3)4/h5,7,9,12H,6,8H2,1-4H3. The van der Waals surface area contributed by atoms with Crippen molar-refractivity contribution in [1.29, 1.82) is 0 Å². The van der Waals surface area contributed by atoms with E-state index < -0.39 is 0 Å². The Morgan fingerprint density at radius 2 is 2.27 bits per heavy atom. The number of aromatic nitrogens is 1. The van der Waals surface area contributed by atoms with E-state index in [0.29, 0.717) is 10.8 Å². The van der Waals surface area contributed by atoms with Crippen molar-refractivity contribution in [1.82, 2.24) is 10.3 Å². The highest BCUT2D eigenvalue weighted by Crippen LogP contribution is 2.22. The topological polar surface area (TPSA) is 24.9 Å². The van der Waals surface area contributed by atoms with Crippen molar-refractivity contribution in [3.8, 4) is 0 Å². The summed E-state index contributed by atoms with van der Waals surface area (Å²) in [7, 11) is 0. The third kappa shape index (κ3) is 5.54. The molecule has 0 saturated heterocycles. The van der Waals surface area contributed by atoms with Gasteiger partial charge >= 0.3 is 0 Å². The van der Waals surface area contributed by atoms with Crippen LogP contribution in [0.4, 0.5) is 0 Å². The third-order valence-electron chi connectivity index (χ3n) is 1.91. The lowest BCUT2D eigenvalue weighted by molar-refractivity contribution is 0.597. The van der Waals surface area contributed by atoms with E-state index in [4.69, 9.17) is 0 Å². The Balaban J connectivity index is 2.16. The van der Waals surface area contributed by atoms with E-state index in [2.05, 4.69) is 38.0 Å². The smallest absolute Gasteiger partial charge is 0.109 e. The van der Waals surface area contributed by atoms with E-state index >= 15 is 0 Å². The molecule has 15 heavy (non-hydrogen) atoms. The highest BCUT2D eigenvalue weighted by Gasteiger charge is 2.11. The van der Waals surface area contributed by atoms with Crippen LogP contribution in [0.1, 0.15) is 38.7 Å². The van der Waals surface area contributed by atoms with Gasteiger partial charge in [0.05, 0.1) is 6.04 Å².